The monoisotopic (exact) mass is 915 g/mol. The van der Waals surface area contributed by atoms with Gasteiger partial charge in [-0.3, -0.25) is 19.4 Å². The van der Waals surface area contributed by atoms with Crippen molar-refractivity contribution in [2.24, 2.45) is 11.7 Å². The number of hydrogen-bond acceptors (Lipinski definition) is 10. The molecule has 0 aromatic heterocycles. The summed E-state index contributed by atoms with van der Waals surface area (Å²) >= 11 is 0. The predicted octanol–water partition coefficient (Wildman–Crippen LogP) is 8.96. The summed E-state index contributed by atoms with van der Waals surface area (Å²) in [6.45, 7) is 13.8. The number of carbonyl (C=O) groups excluding carboxylic acids is 4. The molecule has 0 bridgehead atoms. The number of nitrogen functional groups attached to an aromatic ring is 1. The van der Waals surface area contributed by atoms with Crippen LogP contribution in [0.3, 0.4) is 0 Å². The number of hydrogen-bond donors (Lipinski definition) is 4. The van der Waals surface area contributed by atoms with Crippen molar-refractivity contribution >= 4 is 46.8 Å². The van der Waals surface area contributed by atoms with E-state index in [1.54, 1.807) is 0 Å². The zero-order valence-electron chi connectivity index (χ0n) is 40.1. The van der Waals surface area contributed by atoms with Crippen molar-refractivity contribution in [1.29, 1.82) is 0 Å². The lowest BCUT2D eigenvalue weighted by molar-refractivity contribution is -0.124. The highest BCUT2D eigenvalue weighted by Gasteiger charge is 2.42. The summed E-state index contributed by atoms with van der Waals surface area (Å²) in [7, 11) is 0. The first-order chi connectivity index (χ1) is 31.9. The van der Waals surface area contributed by atoms with Crippen LogP contribution < -0.4 is 31.9 Å². The largest absolute Gasteiger partial charge is 0.444 e. The maximum absolute atomic E-state index is 13.7. The van der Waals surface area contributed by atoms with Gasteiger partial charge in [0.1, 0.15) is 23.3 Å². The van der Waals surface area contributed by atoms with E-state index in [0.29, 0.717) is 73.9 Å². The van der Waals surface area contributed by atoms with Gasteiger partial charge < -0.3 is 41.4 Å². The third-order valence-corrected chi connectivity index (χ3v) is 13.8. The van der Waals surface area contributed by atoms with E-state index in [1.165, 1.54) is 21.1 Å². The molecule has 4 amide bonds. The molecule has 3 aromatic rings. The van der Waals surface area contributed by atoms with E-state index in [4.69, 9.17) is 20.9 Å². The van der Waals surface area contributed by atoms with Crippen LogP contribution in [0.25, 0.3) is 0 Å². The van der Waals surface area contributed by atoms with Crippen molar-refractivity contribution in [2.75, 3.05) is 47.0 Å². The number of carbonyl (C=O) groups is 4. The number of likely N-dealkylation sites (tertiary alicyclic amines) is 2. The number of anilines is 4. The van der Waals surface area contributed by atoms with E-state index < -0.39 is 35.5 Å². The second-order valence-corrected chi connectivity index (χ2v) is 20.9. The van der Waals surface area contributed by atoms with E-state index in [-0.39, 0.29) is 29.8 Å². The van der Waals surface area contributed by atoms with Gasteiger partial charge in [-0.05, 0) is 153 Å². The Kier molecular flexibility index (Phi) is 13.8. The lowest BCUT2D eigenvalue weighted by Crippen LogP contribution is -2.48. The molecule has 6 N–H and O–H groups in total. The number of rotatable bonds is 9. The minimum absolute atomic E-state index is 0.0251. The van der Waals surface area contributed by atoms with Gasteiger partial charge in [-0.15, -0.1) is 0 Å². The molecule has 3 aromatic carbocycles. The molecule has 0 spiro atoms. The summed E-state index contributed by atoms with van der Waals surface area (Å²) in [6.07, 6.45) is 10.3. The summed E-state index contributed by atoms with van der Waals surface area (Å²) in [5.74, 6) is 0.0567. The van der Waals surface area contributed by atoms with Gasteiger partial charge >= 0.3 is 12.2 Å². The van der Waals surface area contributed by atoms with E-state index in [2.05, 4.69) is 81.1 Å². The molecule has 358 valence electrons. The third kappa shape index (κ3) is 11.0. The zero-order chi connectivity index (χ0) is 47.6. The van der Waals surface area contributed by atoms with Crippen LogP contribution >= 0.6 is 0 Å². The Bertz CT molecular complexity index is 2350. The number of nitrogens with zero attached hydrogens (tertiary/aromatic N) is 4. The van der Waals surface area contributed by atoms with Crippen molar-refractivity contribution < 1.29 is 28.7 Å². The Hall–Kier alpha value is -6.18. The van der Waals surface area contributed by atoms with E-state index in [1.807, 2.05) is 65.8 Å². The van der Waals surface area contributed by atoms with E-state index in [0.717, 1.165) is 50.0 Å². The highest BCUT2D eigenvalue weighted by molar-refractivity contribution is 5.99. The molecule has 4 heterocycles. The van der Waals surface area contributed by atoms with Crippen molar-refractivity contribution in [3.8, 4) is 0 Å². The summed E-state index contributed by atoms with van der Waals surface area (Å²) < 4.78 is 11.2. The summed E-state index contributed by atoms with van der Waals surface area (Å²) in [5, 5.41) is 6.06. The molecule has 4 aliphatic heterocycles. The molecular weight excluding hydrogens is 845 g/mol. The number of ether oxygens (including phenoxy) is 2. The van der Waals surface area contributed by atoms with Gasteiger partial charge in [0.15, 0.2) is 0 Å². The van der Waals surface area contributed by atoms with Gasteiger partial charge in [0.25, 0.3) is 0 Å². The molecule has 0 saturated carbocycles. The van der Waals surface area contributed by atoms with Crippen molar-refractivity contribution in [3.63, 3.8) is 0 Å². The van der Waals surface area contributed by atoms with Crippen molar-refractivity contribution in [2.45, 2.75) is 141 Å². The first kappa shape index (κ1) is 47.3. The van der Waals surface area contributed by atoms with Crippen LogP contribution in [0.4, 0.5) is 32.3 Å². The maximum Gasteiger partial charge on any atom is 0.410 e. The average molecular weight is 915 g/mol. The van der Waals surface area contributed by atoms with Crippen LogP contribution in [0.5, 0.6) is 0 Å². The first-order valence-electron chi connectivity index (χ1n) is 24.3. The number of amides is 4. The molecule has 1 aliphatic carbocycles. The van der Waals surface area contributed by atoms with Gasteiger partial charge in [0, 0.05) is 49.5 Å². The zero-order valence-corrected chi connectivity index (χ0v) is 40.1. The second kappa shape index (κ2) is 19.6. The van der Waals surface area contributed by atoms with Crippen LogP contribution in [-0.2, 0) is 19.1 Å². The number of nitrogens with two attached hydrogens (primary N) is 2. The van der Waals surface area contributed by atoms with Crippen LogP contribution in [0.15, 0.2) is 96.3 Å². The number of benzene rings is 3. The van der Waals surface area contributed by atoms with Gasteiger partial charge in [-0.2, -0.15) is 0 Å². The summed E-state index contributed by atoms with van der Waals surface area (Å²) in [6, 6.07) is 24.4. The van der Waals surface area contributed by atoms with Crippen molar-refractivity contribution in [1.82, 2.24) is 15.1 Å². The predicted molar refractivity (Wildman–Crippen MR) is 263 cm³/mol. The number of allylic oxidation sites excluding steroid dienone is 1. The molecular formula is C53H70N8O6. The molecule has 5 atom stereocenters. The molecule has 67 heavy (non-hydrogen) atoms. The molecule has 1 unspecified atom stereocenters. The SMILES string of the molecule is CC(C)(C)OC(=O)N1CCC[C@H]1C(=O)NC1=CCC([C@H]2CC[C@H](c3ccc(NC(=O)[C@@H]4CCCN4C(=O)OC(C)(C)C)c(N)c3)N2c2ccc(N3CCC(c4ccccc4)CC3)cc2)C=C1N. The lowest BCUT2D eigenvalue weighted by Gasteiger charge is -2.38. The van der Waals surface area contributed by atoms with Gasteiger partial charge in [-0.1, -0.05) is 48.6 Å². The van der Waals surface area contributed by atoms with Crippen LogP contribution in [-0.4, -0.2) is 89.3 Å². The van der Waals surface area contributed by atoms with Crippen LogP contribution in [0, 0.1) is 5.92 Å². The number of piperidine rings is 1. The molecule has 14 heteroatoms. The lowest BCUT2D eigenvalue weighted by atomic mass is 9.88. The fraction of sp³-hybridized carbons (Fsp3) is 0.509. The summed E-state index contributed by atoms with van der Waals surface area (Å²) in [5.41, 5.74) is 19.0. The fourth-order valence-corrected chi connectivity index (χ4v) is 10.6. The Morgan fingerprint density at radius 1 is 0.642 bits per heavy atom. The minimum atomic E-state index is -0.670. The molecule has 4 fully saturated rings. The van der Waals surface area contributed by atoms with Gasteiger partial charge in [0.05, 0.1) is 28.8 Å². The Balaban J connectivity index is 0.996. The second-order valence-electron chi connectivity index (χ2n) is 20.9. The highest BCUT2D eigenvalue weighted by Crippen LogP contribution is 2.46. The normalized spacial score (nSPS) is 23.7. The Morgan fingerprint density at radius 2 is 1.22 bits per heavy atom. The molecule has 8 rings (SSSR count). The maximum atomic E-state index is 13.7. The standard InChI is InChI=1S/C53H70N8O6/c1-52(2,3)66-50(64)59-28-10-14-46(59)48(62)56-42-22-16-36(32-40(42)54)44-24-25-45(61(44)39-20-18-38(19-21-39)58-30-26-35(27-31-58)34-12-8-7-9-13-34)37-17-23-43(41(55)33-37)57-49(63)47-15-11-29-60(47)51(65)67-53(4,5)6/h7-9,12-13,16,18-23,32-33,35,37,44-47H,10-11,14-15,17,24-31,54-55H2,1-6H3,(H,56,62)(H,57,63)/t37?,44-,45-,46+,47+/m1/s1. The van der Waals surface area contributed by atoms with Gasteiger partial charge in [0.2, 0.25) is 11.8 Å². The molecule has 5 aliphatic rings. The Labute approximate surface area is 396 Å². The minimum Gasteiger partial charge on any atom is -0.444 e. The Morgan fingerprint density at radius 3 is 1.79 bits per heavy atom. The summed E-state index contributed by atoms with van der Waals surface area (Å²) in [4.78, 5) is 61.2. The molecule has 4 saturated heterocycles. The smallest absolute Gasteiger partial charge is 0.410 e. The molecule has 14 nitrogen and oxygen atoms in total. The van der Waals surface area contributed by atoms with Crippen LogP contribution in [0.2, 0.25) is 0 Å². The van der Waals surface area contributed by atoms with Crippen molar-refractivity contribution in [3.05, 3.63) is 107 Å². The number of nitrogens with one attached hydrogen (secondary N) is 2. The quantitative estimate of drug-likeness (QED) is 0.152. The fourth-order valence-electron chi connectivity index (χ4n) is 10.6. The third-order valence-electron chi connectivity index (χ3n) is 13.8. The van der Waals surface area contributed by atoms with E-state index in [9.17, 15) is 19.2 Å². The topological polar surface area (TPSA) is 176 Å². The molecule has 0 radical (unpaired) electrons. The van der Waals surface area contributed by atoms with Crippen LogP contribution in [0.1, 0.15) is 122 Å². The first-order valence-corrected chi connectivity index (χ1v) is 24.3. The highest BCUT2D eigenvalue weighted by atomic mass is 16.6. The average Bonchev–Trinajstić information content (AvgIpc) is 4.08. The van der Waals surface area contributed by atoms with E-state index >= 15 is 0 Å². The van der Waals surface area contributed by atoms with Gasteiger partial charge in [-0.25, -0.2) is 9.59 Å².